The van der Waals surface area contributed by atoms with Crippen LogP contribution in [0.1, 0.15) is 43.2 Å². The van der Waals surface area contributed by atoms with E-state index in [0.29, 0.717) is 44.3 Å². The number of carbonyl (C=O) groups excluding carboxylic acids is 2. The molecule has 0 radical (unpaired) electrons. The first-order valence-electron chi connectivity index (χ1n) is 12.4. The highest BCUT2D eigenvalue weighted by atomic mass is 16.5. The molecule has 2 aromatic carbocycles. The van der Waals surface area contributed by atoms with Gasteiger partial charge in [-0.05, 0) is 55.7 Å². The fourth-order valence-electron chi connectivity index (χ4n) is 4.32. The lowest BCUT2D eigenvalue weighted by Gasteiger charge is -2.32. The molecule has 2 atom stereocenters. The van der Waals surface area contributed by atoms with Gasteiger partial charge in [0.15, 0.2) is 0 Å². The number of hydrogen-bond donors (Lipinski definition) is 4. The Labute approximate surface area is 215 Å². The molecule has 10 nitrogen and oxygen atoms in total. The topological polar surface area (TPSA) is 145 Å². The number of carbonyl (C=O) groups is 4. The van der Waals surface area contributed by atoms with Crippen molar-refractivity contribution in [1.82, 2.24) is 10.6 Å². The van der Waals surface area contributed by atoms with Crippen molar-refractivity contribution >= 4 is 29.6 Å². The zero-order valence-electron chi connectivity index (χ0n) is 20.6. The molecule has 0 bridgehead atoms. The van der Waals surface area contributed by atoms with Crippen LogP contribution in [0.5, 0.6) is 0 Å². The minimum absolute atomic E-state index is 0.163. The number of anilines is 1. The second-order valence-corrected chi connectivity index (χ2v) is 8.93. The highest BCUT2D eigenvalue weighted by Gasteiger charge is 2.32. The van der Waals surface area contributed by atoms with Gasteiger partial charge in [0.25, 0.3) is 0 Å². The van der Waals surface area contributed by atoms with Crippen molar-refractivity contribution in [2.75, 3.05) is 18.0 Å². The lowest BCUT2D eigenvalue weighted by Crippen LogP contribution is -2.54. The van der Waals surface area contributed by atoms with Gasteiger partial charge in [0, 0.05) is 12.2 Å². The average Bonchev–Trinajstić information content (AvgIpc) is 2.88. The van der Waals surface area contributed by atoms with Crippen molar-refractivity contribution in [2.45, 2.75) is 57.2 Å². The monoisotopic (exact) mass is 511 g/mol. The zero-order chi connectivity index (χ0) is 26.6. The van der Waals surface area contributed by atoms with Crippen LogP contribution in [0.15, 0.2) is 54.6 Å². The SMILES string of the molecule is O=C(O)CN1C(=O)C(NC(CCCCNC(=O)OCc2ccccc2)C(=O)O)CCCc2ccccc21. The largest absolute Gasteiger partial charge is 0.480 e. The number of hydrogen-bond acceptors (Lipinski definition) is 6. The van der Waals surface area contributed by atoms with Crippen LogP contribution in [0.3, 0.4) is 0 Å². The van der Waals surface area contributed by atoms with Gasteiger partial charge in [-0.1, -0.05) is 48.5 Å². The Morgan fingerprint density at radius 1 is 1.03 bits per heavy atom. The van der Waals surface area contributed by atoms with Crippen molar-refractivity contribution in [3.63, 3.8) is 0 Å². The van der Waals surface area contributed by atoms with Crippen LogP contribution in [0, 0.1) is 0 Å². The summed E-state index contributed by atoms with van der Waals surface area (Å²) in [6, 6.07) is 14.7. The Bertz CT molecular complexity index is 1080. The van der Waals surface area contributed by atoms with Gasteiger partial charge in [-0.3, -0.25) is 24.6 Å². The zero-order valence-corrected chi connectivity index (χ0v) is 20.6. The number of carboxylic acid groups (broad SMARTS) is 2. The molecule has 0 saturated heterocycles. The average molecular weight is 512 g/mol. The molecule has 3 rings (SSSR count). The fourth-order valence-corrected chi connectivity index (χ4v) is 4.32. The van der Waals surface area contributed by atoms with Crippen LogP contribution in [0.2, 0.25) is 0 Å². The maximum atomic E-state index is 13.3. The lowest BCUT2D eigenvalue weighted by atomic mass is 9.97. The van der Waals surface area contributed by atoms with Crippen LogP contribution >= 0.6 is 0 Å². The molecule has 2 aromatic rings. The first-order chi connectivity index (χ1) is 17.8. The number of aryl methyl sites for hydroxylation is 1. The molecule has 1 aliphatic rings. The van der Waals surface area contributed by atoms with E-state index in [0.717, 1.165) is 11.1 Å². The molecule has 1 heterocycles. The number of rotatable bonds is 12. The number of nitrogens with zero attached hydrogens (tertiary/aromatic N) is 1. The Morgan fingerprint density at radius 2 is 1.76 bits per heavy atom. The second-order valence-electron chi connectivity index (χ2n) is 8.93. The molecule has 2 unspecified atom stereocenters. The number of para-hydroxylation sites is 1. The van der Waals surface area contributed by atoms with Crippen LogP contribution in [0.25, 0.3) is 0 Å². The Hall–Kier alpha value is -3.92. The van der Waals surface area contributed by atoms with Crippen molar-refractivity contribution in [2.24, 2.45) is 0 Å². The van der Waals surface area contributed by atoms with Gasteiger partial charge in [-0.25, -0.2) is 4.79 Å². The summed E-state index contributed by atoms with van der Waals surface area (Å²) in [5.41, 5.74) is 2.31. The highest BCUT2D eigenvalue weighted by molar-refractivity contribution is 6.01. The van der Waals surface area contributed by atoms with E-state index in [2.05, 4.69) is 10.6 Å². The van der Waals surface area contributed by atoms with Crippen LogP contribution in [-0.4, -0.2) is 59.3 Å². The predicted molar refractivity (Wildman–Crippen MR) is 136 cm³/mol. The molecule has 1 aliphatic heterocycles. The third kappa shape index (κ3) is 8.60. The quantitative estimate of drug-likeness (QED) is 0.318. The molecule has 0 aliphatic carbocycles. The maximum absolute atomic E-state index is 13.3. The van der Waals surface area contributed by atoms with Crippen LogP contribution < -0.4 is 15.5 Å². The number of ether oxygens (including phenoxy) is 1. The summed E-state index contributed by atoms with van der Waals surface area (Å²) in [7, 11) is 0. The molecule has 0 spiro atoms. The predicted octanol–water partition coefficient (Wildman–Crippen LogP) is 2.95. The number of carboxylic acids is 2. The lowest BCUT2D eigenvalue weighted by molar-refractivity contribution is -0.141. The number of nitrogens with one attached hydrogen (secondary N) is 2. The summed E-state index contributed by atoms with van der Waals surface area (Å²) in [5.74, 6) is -2.69. The van der Waals surface area contributed by atoms with E-state index in [4.69, 9.17) is 4.74 Å². The van der Waals surface area contributed by atoms with Gasteiger partial charge in [-0.2, -0.15) is 0 Å². The Kier molecular flexibility index (Phi) is 10.5. The Morgan fingerprint density at radius 3 is 2.49 bits per heavy atom. The second kappa shape index (κ2) is 14.0. The van der Waals surface area contributed by atoms with Gasteiger partial charge >= 0.3 is 18.0 Å². The summed E-state index contributed by atoms with van der Waals surface area (Å²) in [6.07, 6.45) is 2.42. The summed E-state index contributed by atoms with van der Waals surface area (Å²) < 4.78 is 5.15. The number of alkyl carbamates (subject to hydrolysis) is 1. The smallest absolute Gasteiger partial charge is 0.407 e. The van der Waals surface area contributed by atoms with Crippen molar-refractivity contribution < 1.29 is 34.1 Å². The summed E-state index contributed by atoms with van der Waals surface area (Å²) in [6.45, 7) is -0.0141. The van der Waals surface area contributed by atoms with Crippen molar-refractivity contribution in [1.29, 1.82) is 0 Å². The van der Waals surface area contributed by atoms with E-state index in [-0.39, 0.29) is 13.0 Å². The molecule has 37 heavy (non-hydrogen) atoms. The van der Waals surface area contributed by atoms with E-state index < -0.39 is 42.6 Å². The molecule has 198 valence electrons. The van der Waals surface area contributed by atoms with Crippen molar-refractivity contribution in [3.05, 3.63) is 65.7 Å². The van der Waals surface area contributed by atoms with Crippen LogP contribution in [-0.2, 0) is 32.1 Å². The molecule has 0 saturated carbocycles. The maximum Gasteiger partial charge on any atom is 0.407 e. The fraction of sp³-hybridized carbons (Fsp3) is 0.407. The van der Waals surface area contributed by atoms with E-state index in [1.807, 2.05) is 42.5 Å². The van der Waals surface area contributed by atoms with Gasteiger partial charge in [0.2, 0.25) is 5.91 Å². The Balaban J connectivity index is 1.50. The van der Waals surface area contributed by atoms with Gasteiger partial charge < -0.3 is 20.3 Å². The van der Waals surface area contributed by atoms with Crippen LogP contribution in [0.4, 0.5) is 10.5 Å². The summed E-state index contributed by atoms with van der Waals surface area (Å²) in [4.78, 5) is 49.8. The normalized spacial score (nSPS) is 16.2. The highest BCUT2D eigenvalue weighted by Crippen LogP contribution is 2.26. The molecule has 0 fully saturated rings. The minimum Gasteiger partial charge on any atom is -0.480 e. The minimum atomic E-state index is -1.15. The van der Waals surface area contributed by atoms with Crippen molar-refractivity contribution in [3.8, 4) is 0 Å². The summed E-state index contributed by atoms with van der Waals surface area (Å²) in [5, 5.41) is 24.7. The summed E-state index contributed by atoms with van der Waals surface area (Å²) >= 11 is 0. The molecule has 4 N–H and O–H groups in total. The van der Waals surface area contributed by atoms with Gasteiger partial charge in [0.05, 0.1) is 6.04 Å². The van der Waals surface area contributed by atoms with Gasteiger partial charge in [-0.15, -0.1) is 0 Å². The third-order valence-corrected chi connectivity index (χ3v) is 6.18. The van der Waals surface area contributed by atoms with E-state index >= 15 is 0 Å². The van der Waals surface area contributed by atoms with Gasteiger partial charge in [0.1, 0.15) is 19.2 Å². The molecular formula is C27H33N3O7. The molecule has 2 amide bonds. The standard InChI is InChI=1S/C27H33N3O7/c31-24(32)17-30-23-15-5-4-11-20(23)12-8-14-21(25(30)33)29-22(26(34)35)13-6-7-16-28-27(36)37-18-19-9-2-1-3-10-19/h1-5,9-11,15,21-22,29H,6-8,12-14,16-18H2,(H,28,36)(H,31,32)(H,34,35). The third-order valence-electron chi connectivity index (χ3n) is 6.18. The molecule has 0 aromatic heterocycles. The number of benzene rings is 2. The van der Waals surface area contributed by atoms with E-state index in [9.17, 15) is 29.4 Å². The number of unbranched alkanes of at least 4 members (excludes halogenated alkanes) is 1. The first kappa shape index (κ1) is 27.7. The molecular weight excluding hydrogens is 478 g/mol. The first-order valence-corrected chi connectivity index (χ1v) is 12.4. The van der Waals surface area contributed by atoms with E-state index in [1.54, 1.807) is 12.1 Å². The molecule has 10 heteroatoms. The number of amides is 2. The number of aliphatic carboxylic acids is 2. The number of fused-ring (bicyclic) bond motifs is 1. The van der Waals surface area contributed by atoms with E-state index in [1.165, 1.54) is 4.90 Å².